The molecular weight excluding hydrogens is 300 g/mol. The summed E-state index contributed by atoms with van der Waals surface area (Å²) < 4.78 is 6.22. The third-order valence-corrected chi connectivity index (χ3v) is 4.21. The van der Waals surface area contributed by atoms with Crippen molar-refractivity contribution in [3.63, 3.8) is 0 Å². The van der Waals surface area contributed by atoms with Crippen molar-refractivity contribution in [3.8, 4) is 16.3 Å². The molecule has 0 aliphatic carbocycles. The van der Waals surface area contributed by atoms with Crippen molar-refractivity contribution in [1.82, 2.24) is 10.3 Å². The molecule has 1 heterocycles. The summed E-state index contributed by atoms with van der Waals surface area (Å²) in [7, 11) is 3.58. The fourth-order valence-electron chi connectivity index (χ4n) is 1.47. The van der Waals surface area contributed by atoms with Gasteiger partial charge >= 0.3 is 0 Å². The number of thiazole rings is 1. The highest BCUT2D eigenvalue weighted by Crippen LogP contribution is 2.32. The molecular formula is C12H13BrN2OS. The van der Waals surface area contributed by atoms with Crippen molar-refractivity contribution in [1.29, 1.82) is 0 Å². The smallest absolute Gasteiger partial charge is 0.124 e. The first kappa shape index (κ1) is 12.5. The van der Waals surface area contributed by atoms with Crippen LogP contribution in [0.2, 0.25) is 0 Å². The number of ether oxygens (including phenoxy) is 1. The second kappa shape index (κ2) is 5.62. The standard InChI is InChI=1S/C12H13BrN2OS/c1-14-7-10-11(13)17-12(15-10)8-3-5-9(16-2)6-4-8/h3-6,14H,7H2,1-2H3. The fraction of sp³-hybridized carbons (Fsp3) is 0.250. The molecule has 1 aromatic heterocycles. The molecule has 5 heteroatoms. The Hall–Kier alpha value is -0.910. The van der Waals surface area contributed by atoms with Gasteiger partial charge in [-0.3, -0.25) is 0 Å². The number of benzene rings is 1. The molecule has 2 aromatic rings. The summed E-state index contributed by atoms with van der Waals surface area (Å²) in [6.45, 7) is 0.771. The van der Waals surface area contributed by atoms with E-state index in [9.17, 15) is 0 Å². The molecule has 17 heavy (non-hydrogen) atoms. The highest BCUT2D eigenvalue weighted by Gasteiger charge is 2.09. The van der Waals surface area contributed by atoms with Gasteiger partial charge in [-0.1, -0.05) is 0 Å². The third-order valence-electron chi connectivity index (χ3n) is 2.33. The lowest BCUT2D eigenvalue weighted by molar-refractivity contribution is 0.415. The molecule has 0 fully saturated rings. The van der Waals surface area contributed by atoms with Gasteiger partial charge < -0.3 is 10.1 Å². The molecule has 0 radical (unpaired) electrons. The Morgan fingerprint density at radius 1 is 1.35 bits per heavy atom. The van der Waals surface area contributed by atoms with E-state index in [4.69, 9.17) is 4.74 Å². The average molecular weight is 313 g/mol. The van der Waals surface area contributed by atoms with E-state index in [1.165, 1.54) is 0 Å². The monoisotopic (exact) mass is 312 g/mol. The fourth-order valence-corrected chi connectivity index (χ4v) is 2.97. The number of methoxy groups -OCH3 is 1. The molecule has 0 spiro atoms. The second-order valence-corrected chi connectivity index (χ2v) is 5.82. The van der Waals surface area contributed by atoms with Gasteiger partial charge in [0.15, 0.2) is 0 Å². The van der Waals surface area contributed by atoms with Gasteiger partial charge in [0, 0.05) is 12.1 Å². The summed E-state index contributed by atoms with van der Waals surface area (Å²) in [4.78, 5) is 4.59. The summed E-state index contributed by atoms with van der Waals surface area (Å²) in [6.07, 6.45) is 0. The molecule has 0 unspecified atom stereocenters. The van der Waals surface area contributed by atoms with Gasteiger partial charge in [-0.25, -0.2) is 4.98 Å². The van der Waals surface area contributed by atoms with Gasteiger partial charge in [-0.05, 0) is 47.2 Å². The predicted molar refractivity (Wildman–Crippen MR) is 74.6 cm³/mol. The minimum atomic E-state index is 0.771. The Kier molecular flexibility index (Phi) is 4.15. The maximum Gasteiger partial charge on any atom is 0.124 e. The molecule has 0 saturated heterocycles. The average Bonchev–Trinajstić information content (AvgIpc) is 2.72. The molecule has 1 aromatic carbocycles. The minimum absolute atomic E-state index is 0.771. The minimum Gasteiger partial charge on any atom is -0.497 e. The van der Waals surface area contributed by atoms with Gasteiger partial charge in [-0.15, -0.1) is 11.3 Å². The number of hydrogen-bond donors (Lipinski definition) is 1. The summed E-state index contributed by atoms with van der Waals surface area (Å²) >= 11 is 5.18. The van der Waals surface area contributed by atoms with Crippen molar-refractivity contribution in [2.75, 3.05) is 14.2 Å². The molecule has 1 N–H and O–H groups in total. The lowest BCUT2D eigenvalue weighted by atomic mass is 10.2. The van der Waals surface area contributed by atoms with E-state index in [0.717, 1.165) is 32.3 Å². The zero-order valence-electron chi connectivity index (χ0n) is 9.66. The van der Waals surface area contributed by atoms with Gasteiger partial charge in [-0.2, -0.15) is 0 Å². The number of aromatic nitrogens is 1. The first-order valence-electron chi connectivity index (χ1n) is 5.19. The van der Waals surface area contributed by atoms with E-state index in [0.29, 0.717) is 0 Å². The van der Waals surface area contributed by atoms with Crippen molar-refractivity contribution in [3.05, 3.63) is 33.7 Å². The van der Waals surface area contributed by atoms with Crippen LogP contribution in [-0.2, 0) is 6.54 Å². The van der Waals surface area contributed by atoms with Crippen molar-refractivity contribution < 1.29 is 4.74 Å². The first-order valence-corrected chi connectivity index (χ1v) is 6.79. The first-order chi connectivity index (χ1) is 8.24. The SMILES string of the molecule is CNCc1nc(-c2ccc(OC)cc2)sc1Br. The Labute approximate surface area is 113 Å². The Bertz CT molecular complexity index is 496. The van der Waals surface area contributed by atoms with E-state index in [2.05, 4.69) is 26.2 Å². The van der Waals surface area contributed by atoms with E-state index in [-0.39, 0.29) is 0 Å². The lowest BCUT2D eigenvalue weighted by Gasteiger charge is -2.00. The molecule has 90 valence electrons. The summed E-state index contributed by atoms with van der Waals surface area (Å²) in [6, 6.07) is 7.94. The second-order valence-electron chi connectivity index (χ2n) is 3.50. The molecule has 3 nitrogen and oxygen atoms in total. The topological polar surface area (TPSA) is 34.2 Å². The van der Waals surface area contributed by atoms with Gasteiger partial charge in [0.2, 0.25) is 0 Å². The lowest BCUT2D eigenvalue weighted by Crippen LogP contribution is -2.05. The van der Waals surface area contributed by atoms with Gasteiger partial charge in [0.1, 0.15) is 10.8 Å². The Balaban J connectivity index is 2.29. The van der Waals surface area contributed by atoms with Crippen LogP contribution in [0.1, 0.15) is 5.69 Å². The zero-order valence-corrected chi connectivity index (χ0v) is 12.1. The van der Waals surface area contributed by atoms with Crippen molar-refractivity contribution in [2.45, 2.75) is 6.54 Å². The van der Waals surface area contributed by atoms with E-state index >= 15 is 0 Å². The normalized spacial score (nSPS) is 10.5. The summed E-state index contributed by atoms with van der Waals surface area (Å²) in [5.74, 6) is 0.861. The van der Waals surface area contributed by atoms with Crippen molar-refractivity contribution in [2.24, 2.45) is 0 Å². The largest absolute Gasteiger partial charge is 0.497 e. The highest BCUT2D eigenvalue weighted by molar-refractivity contribution is 9.11. The van der Waals surface area contributed by atoms with Crippen LogP contribution in [-0.4, -0.2) is 19.1 Å². The quantitative estimate of drug-likeness (QED) is 0.940. The summed E-state index contributed by atoms with van der Waals surface area (Å²) in [5, 5.41) is 4.12. The van der Waals surface area contributed by atoms with Gasteiger partial charge in [0.25, 0.3) is 0 Å². The molecule has 0 bridgehead atoms. The number of halogens is 1. The summed E-state index contributed by atoms with van der Waals surface area (Å²) in [5.41, 5.74) is 2.15. The number of nitrogens with zero attached hydrogens (tertiary/aromatic N) is 1. The Morgan fingerprint density at radius 3 is 2.65 bits per heavy atom. The van der Waals surface area contributed by atoms with E-state index in [1.807, 2.05) is 31.3 Å². The molecule has 0 aliphatic heterocycles. The predicted octanol–water partition coefficient (Wildman–Crippen LogP) is 3.30. The molecule has 0 atom stereocenters. The molecule has 0 saturated carbocycles. The molecule has 0 aliphatic rings. The number of nitrogens with one attached hydrogen (secondary N) is 1. The van der Waals surface area contributed by atoms with Crippen LogP contribution in [0.4, 0.5) is 0 Å². The highest BCUT2D eigenvalue weighted by atomic mass is 79.9. The maximum atomic E-state index is 5.14. The van der Waals surface area contributed by atoms with Crippen LogP contribution in [0.15, 0.2) is 28.1 Å². The maximum absolute atomic E-state index is 5.14. The molecule has 2 rings (SSSR count). The zero-order chi connectivity index (χ0) is 12.3. The number of hydrogen-bond acceptors (Lipinski definition) is 4. The van der Waals surface area contributed by atoms with E-state index < -0.39 is 0 Å². The van der Waals surface area contributed by atoms with Crippen LogP contribution in [0.5, 0.6) is 5.75 Å². The third kappa shape index (κ3) is 2.86. The van der Waals surface area contributed by atoms with Crippen LogP contribution in [0, 0.1) is 0 Å². The van der Waals surface area contributed by atoms with Crippen LogP contribution in [0.25, 0.3) is 10.6 Å². The van der Waals surface area contributed by atoms with Crippen molar-refractivity contribution >= 4 is 27.3 Å². The Morgan fingerprint density at radius 2 is 2.06 bits per heavy atom. The van der Waals surface area contributed by atoms with E-state index in [1.54, 1.807) is 18.4 Å². The van der Waals surface area contributed by atoms with Crippen LogP contribution < -0.4 is 10.1 Å². The van der Waals surface area contributed by atoms with Crippen LogP contribution in [0.3, 0.4) is 0 Å². The number of rotatable bonds is 4. The van der Waals surface area contributed by atoms with Crippen LogP contribution >= 0.6 is 27.3 Å². The van der Waals surface area contributed by atoms with Gasteiger partial charge in [0.05, 0.1) is 16.6 Å². The molecule has 0 amide bonds.